The summed E-state index contributed by atoms with van der Waals surface area (Å²) in [6, 6.07) is -0.747. The molecule has 66 valence electrons. The molecule has 0 saturated carbocycles. The van der Waals surface area contributed by atoms with E-state index in [-0.39, 0.29) is 0 Å². The standard InChI is InChI=1S/C9H13NO2/c10-8(9(11)12)6-7-4-2-1-3-5-7/h1-2,4,8H,3,5-6,10H2,(H,11,12). The summed E-state index contributed by atoms with van der Waals surface area (Å²) >= 11 is 0. The number of nitrogens with two attached hydrogens (primary N) is 1. The summed E-state index contributed by atoms with van der Waals surface area (Å²) in [5.74, 6) is -0.926. The molecule has 1 atom stereocenters. The van der Waals surface area contributed by atoms with Gasteiger partial charge in [-0.05, 0) is 19.3 Å². The second-order valence-electron chi connectivity index (χ2n) is 2.94. The molecule has 3 nitrogen and oxygen atoms in total. The van der Waals surface area contributed by atoms with Gasteiger partial charge in [0.2, 0.25) is 0 Å². The van der Waals surface area contributed by atoms with Crippen molar-refractivity contribution in [1.29, 1.82) is 0 Å². The minimum Gasteiger partial charge on any atom is -0.480 e. The van der Waals surface area contributed by atoms with E-state index in [0.717, 1.165) is 18.4 Å². The van der Waals surface area contributed by atoms with E-state index < -0.39 is 12.0 Å². The molecule has 0 fully saturated rings. The molecule has 0 bridgehead atoms. The van der Waals surface area contributed by atoms with E-state index in [1.54, 1.807) is 0 Å². The van der Waals surface area contributed by atoms with Gasteiger partial charge in [0.15, 0.2) is 0 Å². The first kappa shape index (κ1) is 9.00. The molecule has 3 heteroatoms. The third-order valence-electron chi connectivity index (χ3n) is 1.90. The first-order valence-electron chi connectivity index (χ1n) is 4.03. The summed E-state index contributed by atoms with van der Waals surface area (Å²) in [5, 5.41) is 8.54. The summed E-state index contributed by atoms with van der Waals surface area (Å²) < 4.78 is 0. The molecule has 0 amide bonds. The highest BCUT2D eigenvalue weighted by Crippen LogP contribution is 2.16. The van der Waals surface area contributed by atoms with Gasteiger partial charge in [-0.15, -0.1) is 0 Å². The first-order valence-corrected chi connectivity index (χ1v) is 4.03. The van der Waals surface area contributed by atoms with Gasteiger partial charge in [0.05, 0.1) is 0 Å². The number of carbonyl (C=O) groups is 1. The predicted molar refractivity (Wildman–Crippen MR) is 46.7 cm³/mol. The van der Waals surface area contributed by atoms with Gasteiger partial charge in [-0.3, -0.25) is 4.79 Å². The van der Waals surface area contributed by atoms with E-state index in [0.29, 0.717) is 6.42 Å². The van der Waals surface area contributed by atoms with Gasteiger partial charge in [0.25, 0.3) is 0 Å². The molecular weight excluding hydrogens is 154 g/mol. The summed E-state index contributed by atoms with van der Waals surface area (Å²) in [5.41, 5.74) is 6.51. The molecule has 0 aliphatic heterocycles. The maximum Gasteiger partial charge on any atom is 0.320 e. The molecule has 1 unspecified atom stereocenters. The van der Waals surface area contributed by atoms with Crippen molar-refractivity contribution in [1.82, 2.24) is 0 Å². The summed E-state index contributed by atoms with van der Waals surface area (Å²) in [6.45, 7) is 0. The normalized spacial score (nSPS) is 18.6. The van der Waals surface area contributed by atoms with Crippen LogP contribution in [-0.4, -0.2) is 17.1 Å². The zero-order chi connectivity index (χ0) is 8.97. The van der Waals surface area contributed by atoms with Crippen molar-refractivity contribution in [2.24, 2.45) is 5.73 Å². The number of carboxylic acids is 1. The molecule has 1 aliphatic carbocycles. The van der Waals surface area contributed by atoms with Crippen molar-refractivity contribution in [3.05, 3.63) is 23.8 Å². The van der Waals surface area contributed by atoms with Gasteiger partial charge in [-0.2, -0.15) is 0 Å². The minimum absolute atomic E-state index is 0.472. The van der Waals surface area contributed by atoms with E-state index in [1.165, 1.54) is 0 Å². The van der Waals surface area contributed by atoms with Crippen LogP contribution in [0.1, 0.15) is 19.3 Å². The second-order valence-corrected chi connectivity index (χ2v) is 2.94. The van der Waals surface area contributed by atoms with Gasteiger partial charge in [0, 0.05) is 0 Å². The molecule has 0 aromatic carbocycles. The third-order valence-corrected chi connectivity index (χ3v) is 1.90. The van der Waals surface area contributed by atoms with Crippen molar-refractivity contribution >= 4 is 5.97 Å². The molecule has 0 aromatic rings. The smallest absolute Gasteiger partial charge is 0.320 e. The van der Waals surface area contributed by atoms with E-state index in [2.05, 4.69) is 6.08 Å². The number of rotatable bonds is 3. The molecule has 1 aliphatic rings. The number of carboxylic acid groups (broad SMARTS) is 1. The van der Waals surface area contributed by atoms with Gasteiger partial charge in [-0.1, -0.05) is 23.8 Å². The lowest BCUT2D eigenvalue weighted by molar-refractivity contribution is -0.138. The summed E-state index contributed by atoms with van der Waals surface area (Å²) in [4.78, 5) is 10.4. The van der Waals surface area contributed by atoms with Crippen LogP contribution in [0.25, 0.3) is 0 Å². The molecule has 0 heterocycles. The topological polar surface area (TPSA) is 63.3 Å². The number of hydrogen-bond donors (Lipinski definition) is 2. The SMILES string of the molecule is NC(CC1=CC=CCC1)C(=O)O. The molecule has 0 saturated heterocycles. The Balaban J connectivity index is 2.45. The summed E-state index contributed by atoms with van der Waals surface area (Å²) in [6.07, 6.45) is 8.38. The molecule has 0 aromatic heterocycles. The fourth-order valence-corrected chi connectivity index (χ4v) is 1.19. The van der Waals surface area contributed by atoms with Crippen molar-refractivity contribution in [2.45, 2.75) is 25.3 Å². The van der Waals surface area contributed by atoms with Crippen molar-refractivity contribution in [3.8, 4) is 0 Å². The van der Waals surface area contributed by atoms with Crippen molar-refractivity contribution < 1.29 is 9.90 Å². The molecule has 3 N–H and O–H groups in total. The lowest BCUT2D eigenvalue weighted by atomic mass is 9.98. The Morgan fingerprint density at radius 3 is 3.00 bits per heavy atom. The van der Waals surface area contributed by atoms with Crippen LogP contribution in [0, 0.1) is 0 Å². The average molecular weight is 167 g/mol. The highest BCUT2D eigenvalue weighted by Gasteiger charge is 2.13. The average Bonchev–Trinajstić information content (AvgIpc) is 2.06. The number of hydrogen-bond acceptors (Lipinski definition) is 2. The van der Waals surface area contributed by atoms with Crippen LogP contribution in [0.5, 0.6) is 0 Å². The largest absolute Gasteiger partial charge is 0.480 e. The lowest BCUT2D eigenvalue weighted by Gasteiger charge is -2.11. The van der Waals surface area contributed by atoms with Crippen LogP contribution in [0.3, 0.4) is 0 Å². The van der Waals surface area contributed by atoms with E-state index in [9.17, 15) is 4.79 Å². The number of allylic oxidation sites excluding steroid dienone is 3. The van der Waals surface area contributed by atoms with Crippen LogP contribution in [-0.2, 0) is 4.79 Å². The quantitative estimate of drug-likeness (QED) is 0.660. The second kappa shape index (κ2) is 4.07. The highest BCUT2D eigenvalue weighted by atomic mass is 16.4. The van der Waals surface area contributed by atoms with Crippen LogP contribution in [0.15, 0.2) is 23.8 Å². The zero-order valence-corrected chi connectivity index (χ0v) is 6.86. The Bertz CT molecular complexity index is 231. The van der Waals surface area contributed by atoms with Crippen LogP contribution in [0.2, 0.25) is 0 Å². The highest BCUT2D eigenvalue weighted by molar-refractivity contribution is 5.73. The lowest BCUT2D eigenvalue weighted by Crippen LogP contribution is -2.30. The maximum absolute atomic E-state index is 10.4. The monoisotopic (exact) mass is 167 g/mol. The Morgan fingerprint density at radius 1 is 1.75 bits per heavy atom. The molecule has 0 spiro atoms. The van der Waals surface area contributed by atoms with Gasteiger partial charge >= 0.3 is 5.97 Å². The van der Waals surface area contributed by atoms with Gasteiger partial charge in [0.1, 0.15) is 6.04 Å². The van der Waals surface area contributed by atoms with Gasteiger partial charge < -0.3 is 10.8 Å². The number of aliphatic carboxylic acids is 1. The fourth-order valence-electron chi connectivity index (χ4n) is 1.19. The predicted octanol–water partition coefficient (Wildman–Crippen LogP) is 1.06. The fraction of sp³-hybridized carbons (Fsp3) is 0.444. The van der Waals surface area contributed by atoms with Crippen LogP contribution < -0.4 is 5.73 Å². The van der Waals surface area contributed by atoms with Crippen molar-refractivity contribution in [3.63, 3.8) is 0 Å². The Labute approximate surface area is 71.6 Å². The van der Waals surface area contributed by atoms with E-state index in [1.807, 2.05) is 12.2 Å². The van der Waals surface area contributed by atoms with Crippen molar-refractivity contribution in [2.75, 3.05) is 0 Å². The zero-order valence-electron chi connectivity index (χ0n) is 6.86. The minimum atomic E-state index is -0.926. The summed E-state index contributed by atoms with van der Waals surface area (Å²) in [7, 11) is 0. The third kappa shape index (κ3) is 2.51. The Kier molecular flexibility index (Phi) is 3.05. The molecule has 1 rings (SSSR count). The molecule has 12 heavy (non-hydrogen) atoms. The van der Waals surface area contributed by atoms with E-state index in [4.69, 9.17) is 10.8 Å². The van der Waals surface area contributed by atoms with Crippen LogP contribution in [0.4, 0.5) is 0 Å². The molecule has 0 radical (unpaired) electrons. The first-order chi connectivity index (χ1) is 5.70. The van der Waals surface area contributed by atoms with Crippen LogP contribution >= 0.6 is 0 Å². The maximum atomic E-state index is 10.4. The van der Waals surface area contributed by atoms with Gasteiger partial charge in [-0.25, -0.2) is 0 Å². The Hall–Kier alpha value is -1.09. The molecular formula is C9H13NO2. The van der Waals surface area contributed by atoms with E-state index >= 15 is 0 Å². The Morgan fingerprint density at radius 2 is 2.50 bits per heavy atom.